The van der Waals surface area contributed by atoms with Crippen molar-refractivity contribution < 1.29 is 4.79 Å². The van der Waals surface area contributed by atoms with Gasteiger partial charge >= 0.3 is 0 Å². The Kier molecular flexibility index (Phi) is 4.37. The molecule has 0 saturated carbocycles. The molecule has 0 fully saturated rings. The Labute approximate surface area is 57.5 Å². The van der Waals surface area contributed by atoms with Gasteiger partial charge in [0, 0.05) is 6.42 Å². The first-order valence-corrected chi connectivity index (χ1v) is 3.66. The van der Waals surface area contributed by atoms with Crippen LogP contribution in [0.5, 0.6) is 0 Å². The average Bonchev–Trinajstić information content (AvgIpc) is 1.82. The third-order valence-electron chi connectivity index (χ3n) is 1.87. The fourth-order valence-electron chi connectivity index (χ4n) is 1.03. The maximum Gasteiger partial charge on any atom is 0.120 e. The van der Waals surface area contributed by atoms with Crippen molar-refractivity contribution in [3.8, 4) is 0 Å². The molecule has 54 valence electrons. The van der Waals surface area contributed by atoms with Gasteiger partial charge in [-0.05, 0) is 11.8 Å². The predicted molar refractivity (Wildman–Crippen MR) is 39.3 cm³/mol. The number of aldehydes is 1. The number of carbonyl (C=O) groups excluding carboxylic acids is 1. The number of hydrogen-bond donors (Lipinski definition) is 0. The van der Waals surface area contributed by atoms with Crippen molar-refractivity contribution in [2.45, 2.75) is 33.6 Å². The van der Waals surface area contributed by atoms with Gasteiger partial charge in [0.1, 0.15) is 6.29 Å². The van der Waals surface area contributed by atoms with Crippen molar-refractivity contribution >= 4 is 6.29 Å². The summed E-state index contributed by atoms with van der Waals surface area (Å²) in [6, 6.07) is 0. The lowest BCUT2D eigenvalue weighted by atomic mass is 9.91. The highest BCUT2D eigenvalue weighted by Gasteiger charge is 2.08. The van der Waals surface area contributed by atoms with E-state index in [2.05, 4.69) is 20.8 Å². The van der Waals surface area contributed by atoms with Crippen molar-refractivity contribution in [3.05, 3.63) is 0 Å². The van der Waals surface area contributed by atoms with Gasteiger partial charge in [-0.3, -0.25) is 0 Å². The van der Waals surface area contributed by atoms with E-state index >= 15 is 0 Å². The first-order valence-electron chi connectivity index (χ1n) is 3.66. The maximum absolute atomic E-state index is 10.1. The third-order valence-corrected chi connectivity index (χ3v) is 1.87. The fraction of sp³-hybridized carbons (Fsp3) is 0.875. The topological polar surface area (TPSA) is 17.1 Å². The molecule has 0 bridgehead atoms. The van der Waals surface area contributed by atoms with Gasteiger partial charge in [0.2, 0.25) is 0 Å². The van der Waals surface area contributed by atoms with Crippen LogP contribution in [-0.4, -0.2) is 6.29 Å². The van der Waals surface area contributed by atoms with E-state index in [0.717, 1.165) is 19.1 Å². The molecule has 0 aromatic carbocycles. The van der Waals surface area contributed by atoms with Crippen LogP contribution in [-0.2, 0) is 4.79 Å². The third kappa shape index (κ3) is 3.28. The van der Waals surface area contributed by atoms with Gasteiger partial charge in [-0.15, -0.1) is 0 Å². The molecule has 0 saturated heterocycles. The minimum absolute atomic E-state index is 0.600. The molecule has 1 nitrogen and oxygen atoms in total. The molecule has 0 N–H and O–H groups in total. The van der Waals surface area contributed by atoms with Crippen LogP contribution in [0.2, 0.25) is 0 Å². The van der Waals surface area contributed by atoms with Gasteiger partial charge in [0.15, 0.2) is 0 Å². The number of hydrogen-bond acceptors (Lipinski definition) is 1. The van der Waals surface area contributed by atoms with Crippen LogP contribution in [0.4, 0.5) is 0 Å². The van der Waals surface area contributed by atoms with Crippen LogP contribution < -0.4 is 0 Å². The van der Waals surface area contributed by atoms with Crippen LogP contribution >= 0.6 is 0 Å². The van der Waals surface area contributed by atoms with Crippen molar-refractivity contribution in [1.29, 1.82) is 0 Å². The standard InChI is InChI=1S/C8H16O/c1-4-8(5-6-9)7(2)3/h6-8H,4-5H2,1-3H3/t8-/m1/s1. The summed E-state index contributed by atoms with van der Waals surface area (Å²) >= 11 is 0. The van der Waals surface area contributed by atoms with Crippen molar-refractivity contribution in [2.24, 2.45) is 11.8 Å². The largest absolute Gasteiger partial charge is 0.303 e. The molecular weight excluding hydrogens is 112 g/mol. The highest BCUT2D eigenvalue weighted by Crippen LogP contribution is 2.16. The summed E-state index contributed by atoms with van der Waals surface area (Å²) in [6.45, 7) is 6.46. The lowest BCUT2D eigenvalue weighted by Crippen LogP contribution is -2.07. The monoisotopic (exact) mass is 128 g/mol. The molecule has 0 unspecified atom stereocenters. The molecule has 0 aromatic heterocycles. The summed E-state index contributed by atoms with van der Waals surface area (Å²) in [7, 11) is 0. The Balaban J connectivity index is 3.53. The van der Waals surface area contributed by atoms with Gasteiger partial charge in [-0.2, -0.15) is 0 Å². The smallest absolute Gasteiger partial charge is 0.120 e. The zero-order chi connectivity index (χ0) is 7.28. The molecule has 0 aromatic rings. The fourth-order valence-corrected chi connectivity index (χ4v) is 1.03. The van der Waals surface area contributed by atoms with Gasteiger partial charge < -0.3 is 4.79 Å². The highest BCUT2D eigenvalue weighted by molar-refractivity contribution is 5.49. The lowest BCUT2D eigenvalue weighted by molar-refractivity contribution is -0.108. The van der Waals surface area contributed by atoms with Crippen molar-refractivity contribution in [3.63, 3.8) is 0 Å². The molecule has 1 atom stereocenters. The lowest BCUT2D eigenvalue weighted by Gasteiger charge is -2.14. The van der Waals surface area contributed by atoms with Crippen LogP contribution in [0.25, 0.3) is 0 Å². The summed E-state index contributed by atoms with van der Waals surface area (Å²) < 4.78 is 0. The van der Waals surface area contributed by atoms with E-state index in [1.54, 1.807) is 0 Å². The van der Waals surface area contributed by atoms with E-state index in [1.165, 1.54) is 0 Å². The summed E-state index contributed by atoms with van der Waals surface area (Å²) in [5, 5.41) is 0. The number of rotatable bonds is 4. The van der Waals surface area contributed by atoms with E-state index in [1.807, 2.05) is 0 Å². The van der Waals surface area contributed by atoms with E-state index in [0.29, 0.717) is 11.8 Å². The van der Waals surface area contributed by atoms with Crippen LogP contribution in [0.15, 0.2) is 0 Å². The maximum atomic E-state index is 10.1. The molecule has 0 aliphatic carbocycles. The van der Waals surface area contributed by atoms with Gasteiger partial charge in [-0.25, -0.2) is 0 Å². The Morgan fingerprint density at radius 3 is 2.11 bits per heavy atom. The molecule has 0 radical (unpaired) electrons. The summed E-state index contributed by atoms with van der Waals surface area (Å²) in [4.78, 5) is 10.1. The molecule has 9 heavy (non-hydrogen) atoms. The molecule has 0 spiro atoms. The Bertz CT molecular complexity index is 76.6. The Morgan fingerprint density at radius 2 is 2.00 bits per heavy atom. The van der Waals surface area contributed by atoms with Crippen LogP contribution in [0.3, 0.4) is 0 Å². The summed E-state index contributed by atoms with van der Waals surface area (Å²) in [5.74, 6) is 1.25. The molecule has 0 amide bonds. The zero-order valence-electron chi connectivity index (χ0n) is 6.55. The molecular formula is C8H16O. The second kappa shape index (κ2) is 4.54. The first-order chi connectivity index (χ1) is 4.22. The van der Waals surface area contributed by atoms with E-state index in [4.69, 9.17) is 0 Å². The summed E-state index contributed by atoms with van der Waals surface area (Å²) in [6.07, 6.45) is 2.87. The predicted octanol–water partition coefficient (Wildman–Crippen LogP) is 2.26. The second-order valence-electron chi connectivity index (χ2n) is 2.81. The minimum atomic E-state index is 0.600. The molecule has 1 heteroatoms. The van der Waals surface area contributed by atoms with Crippen LogP contribution in [0.1, 0.15) is 33.6 Å². The number of carbonyl (C=O) groups is 1. The van der Waals surface area contributed by atoms with Gasteiger partial charge in [0.05, 0.1) is 0 Å². The van der Waals surface area contributed by atoms with E-state index < -0.39 is 0 Å². The van der Waals surface area contributed by atoms with Crippen molar-refractivity contribution in [2.75, 3.05) is 0 Å². The second-order valence-corrected chi connectivity index (χ2v) is 2.81. The Morgan fingerprint density at radius 1 is 1.44 bits per heavy atom. The Hall–Kier alpha value is -0.330. The normalized spacial score (nSPS) is 13.8. The highest BCUT2D eigenvalue weighted by atomic mass is 16.1. The SMILES string of the molecule is CC[C@H](CC=O)C(C)C. The molecule has 0 heterocycles. The van der Waals surface area contributed by atoms with Gasteiger partial charge in [-0.1, -0.05) is 27.2 Å². The minimum Gasteiger partial charge on any atom is -0.303 e. The van der Waals surface area contributed by atoms with Crippen molar-refractivity contribution in [1.82, 2.24) is 0 Å². The first kappa shape index (κ1) is 8.67. The van der Waals surface area contributed by atoms with Gasteiger partial charge in [0.25, 0.3) is 0 Å². The molecule has 0 rings (SSSR count). The molecule has 0 aliphatic heterocycles. The zero-order valence-corrected chi connectivity index (χ0v) is 6.55. The van der Waals surface area contributed by atoms with E-state index in [-0.39, 0.29) is 0 Å². The van der Waals surface area contributed by atoms with Crippen LogP contribution in [0, 0.1) is 11.8 Å². The summed E-state index contributed by atoms with van der Waals surface area (Å²) in [5.41, 5.74) is 0. The quantitative estimate of drug-likeness (QED) is 0.531. The average molecular weight is 128 g/mol. The van der Waals surface area contributed by atoms with E-state index in [9.17, 15) is 4.79 Å². The molecule has 0 aliphatic rings.